The highest BCUT2D eigenvalue weighted by Crippen LogP contribution is 2.28. The van der Waals surface area contributed by atoms with Crippen molar-refractivity contribution in [1.29, 1.82) is 0 Å². The van der Waals surface area contributed by atoms with Crippen LogP contribution in [0.15, 0.2) is 42.5 Å². The summed E-state index contributed by atoms with van der Waals surface area (Å²) in [6.07, 6.45) is 2.26. The largest absolute Gasteiger partial charge is 0.493 e. The zero-order valence-corrected chi connectivity index (χ0v) is 11.8. The fourth-order valence-electron chi connectivity index (χ4n) is 2.81. The van der Waals surface area contributed by atoms with Gasteiger partial charge >= 0.3 is 0 Å². The molecule has 1 aliphatic rings. The molecule has 1 atom stereocenters. The number of aryl methyl sites for hydroxylation is 2. The van der Waals surface area contributed by atoms with Gasteiger partial charge in [-0.1, -0.05) is 36.4 Å². The molecule has 2 nitrogen and oxygen atoms in total. The molecule has 0 aliphatic carbocycles. The van der Waals surface area contributed by atoms with Gasteiger partial charge in [-0.2, -0.15) is 0 Å². The molecule has 0 fully saturated rings. The maximum Gasteiger partial charge on any atom is 0.122 e. The van der Waals surface area contributed by atoms with Crippen molar-refractivity contribution in [2.45, 2.75) is 32.3 Å². The molecule has 1 heterocycles. The lowest BCUT2D eigenvalue weighted by atomic mass is 9.97. The third kappa shape index (κ3) is 2.70. The Kier molecular flexibility index (Phi) is 3.75. The minimum absolute atomic E-state index is 0.388. The van der Waals surface area contributed by atoms with E-state index >= 15 is 0 Å². The molecule has 0 bridgehead atoms. The molecule has 1 aliphatic heterocycles. The number of ether oxygens (including phenoxy) is 1. The third-order valence-corrected chi connectivity index (χ3v) is 4.01. The quantitative estimate of drug-likeness (QED) is 0.918. The molecule has 0 radical (unpaired) electrons. The summed E-state index contributed by atoms with van der Waals surface area (Å²) in [6.45, 7) is 2.84. The first-order valence-electron chi connectivity index (χ1n) is 7.22. The number of benzene rings is 2. The van der Waals surface area contributed by atoms with E-state index in [0.717, 1.165) is 42.7 Å². The molecule has 0 saturated carbocycles. The number of rotatable bonds is 4. The van der Waals surface area contributed by atoms with Crippen molar-refractivity contribution >= 4 is 0 Å². The van der Waals surface area contributed by atoms with Crippen molar-refractivity contribution in [3.63, 3.8) is 0 Å². The van der Waals surface area contributed by atoms with Crippen molar-refractivity contribution in [2.24, 2.45) is 0 Å². The maximum atomic E-state index is 10.3. The number of fused-ring (bicyclic) bond motifs is 1. The first-order valence-corrected chi connectivity index (χ1v) is 7.22. The first-order chi connectivity index (χ1) is 9.74. The second kappa shape index (κ2) is 5.68. The van der Waals surface area contributed by atoms with Gasteiger partial charge in [0.25, 0.3) is 0 Å². The van der Waals surface area contributed by atoms with Gasteiger partial charge in [-0.05, 0) is 48.1 Å². The second-order valence-electron chi connectivity index (χ2n) is 5.45. The monoisotopic (exact) mass is 268 g/mol. The molecule has 20 heavy (non-hydrogen) atoms. The minimum atomic E-state index is -0.388. The molecule has 0 aromatic heterocycles. The van der Waals surface area contributed by atoms with Gasteiger partial charge in [0.05, 0.1) is 12.7 Å². The van der Waals surface area contributed by atoms with E-state index in [1.807, 2.05) is 31.2 Å². The smallest absolute Gasteiger partial charge is 0.122 e. The van der Waals surface area contributed by atoms with Crippen molar-refractivity contribution < 1.29 is 9.84 Å². The fraction of sp³-hybridized carbons (Fsp3) is 0.333. The zero-order valence-electron chi connectivity index (χ0n) is 11.8. The third-order valence-electron chi connectivity index (χ3n) is 4.01. The number of hydrogen-bond donors (Lipinski definition) is 1. The maximum absolute atomic E-state index is 10.3. The van der Waals surface area contributed by atoms with E-state index in [-0.39, 0.29) is 6.10 Å². The van der Waals surface area contributed by atoms with Crippen molar-refractivity contribution in [2.75, 3.05) is 6.61 Å². The summed E-state index contributed by atoms with van der Waals surface area (Å²) in [4.78, 5) is 0. The van der Waals surface area contributed by atoms with Crippen LogP contribution in [-0.2, 0) is 12.8 Å². The number of aliphatic hydroxyl groups is 1. The van der Waals surface area contributed by atoms with Crippen LogP contribution in [0.3, 0.4) is 0 Å². The molecule has 104 valence electrons. The van der Waals surface area contributed by atoms with E-state index in [9.17, 15) is 5.11 Å². The summed E-state index contributed by atoms with van der Waals surface area (Å²) in [5.41, 5.74) is 4.77. The molecule has 1 unspecified atom stereocenters. The predicted octanol–water partition coefficient (Wildman–Crippen LogP) is 3.60. The Morgan fingerprint density at radius 1 is 1.20 bits per heavy atom. The summed E-state index contributed by atoms with van der Waals surface area (Å²) in [6, 6.07) is 14.4. The molecule has 3 rings (SSSR count). The standard InChI is InChI=1S/C18H20O2/c1-13-4-2-3-5-16(13)17(19)8-6-14-7-9-18-15(12-14)10-11-20-18/h2-5,7,9,12,17,19H,6,8,10-11H2,1H3. The zero-order chi connectivity index (χ0) is 13.9. The highest BCUT2D eigenvalue weighted by Gasteiger charge is 2.13. The van der Waals surface area contributed by atoms with E-state index in [1.54, 1.807) is 0 Å². The topological polar surface area (TPSA) is 29.5 Å². The molecule has 0 saturated heterocycles. The SMILES string of the molecule is Cc1ccccc1C(O)CCc1ccc2c(c1)CCO2. The van der Waals surface area contributed by atoms with Gasteiger partial charge in [-0.25, -0.2) is 0 Å². The van der Waals surface area contributed by atoms with Crippen LogP contribution < -0.4 is 4.74 Å². The van der Waals surface area contributed by atoms with Gasteiger partial charge in [-0.15, -0.1) is 0 Å². The Morgan fingerprint density at radius 2 is 2.05 bits per heavy atom. The lowest BCUT2D eigenvalue weighted by Crippen LogP contribution is -2.02. The van der Waals surface area contributed by atoms with Crippen LogP contribution in [0.1, 0.15) is 34.8 Å². The van der Waals surface area contributed by atoms with Gasteiger partial charge in [0, 0.05) is 6.42 Å². The number of hydrogen-bond acceptors (Lipinski definition) is 2. The summed E-state index contributed by atoms with van der Waals surface area (Å²) in [5, 5.41) is 10.3. The van der Waals surface area contributed by atoms with Crippen LogP contribution in [0.2, 0.25) is 0 Å². The average Bonchev–Trinajstić information content (AvgIpc) is 2.92. The van der Waals surface area contributed by atoms with Gasteiger partial charge in [0.15, 0.2) is 0 Å². The summed E-state index contributed by atoms with van der Waals surface area (Å²) in [5.74, 6) is 1.02. The fourth-order valence-corrected chi connectivity index (χ4v) is 2.81. The highest BCUT2D eigenvalue weighted by molar-refractivity contribution is 5.40. The Balaban J connectivity index is 1.66. The summed E-state index contributed by atoms with van der Waals surface area (Å²) < 4.78 is 5.51. The molecular formula is C18H20O2. The summed E-state index contributed by atoms with van der Waals surface area (Å²) in [7, 11) is 0. The highest BCUT2D eigenvalue weighted by atomic mass is 16.5. The Labute approximate surface area is 120 Å². The second-order valence-corrected chi connectivity index (χ2v) is 5.45. The number of aliphatic hydroxyl groups excluding tert-OH is 1. The van der Waals surface area contributed by atoms with Crippen molar-refractivity contribution in [3.05, 3.63) is 64.7 Å². The van der Waals surface area contributed by atoms with E-state index in [1.165, 1.54) is 11.1 Å². The lowest BCUT2D eigenvalue weighted by Gasteiger charge is -2.13. The van der Waals surface area contributed by atoms with E-state index < -0.39 is 0 Å². The first kappa shape index (κ1) is 13.2. The van der Waals surface area contributed by atoms with Crippen LogP contribution in [0.4, 0.5) is 0 Å². The Bertz CT molecular complexity index is 604. The van der Waals surface area contributed by atoms with E-state index in [2.05, 4.69) is 18.2 Å². The normalized spacial score (nSPS) is 14.7. The summed E-state index contributed by atoms with van der Waals surface area (Å²) >= 11 is 0. The van der Waals surface area contributed by atoms with Crippen molar-refractivity contribution in [3.8, 4) is 5.75 Å². The minimum Gasteiger partial charge on any atom is -0.493 e. The molecular weight excluding hydrogens is 248 g/mol. The molecule has 0 spiro atoms. The molecule has 2 aromatic carbocycles. The Morgan fingerprint density at radius 3 is 2.90 bits per heavy atom. The van der Waals surface area contributed by atoms with Crippen LogP contribution >= 0.6 is 0 Å². The molecule has 2 aromatic rings. The molecule has 1 N–H and O–H groups in total. The predicted molar refractivity (Wildman–Crippen MR) is 80.1 cm³/mol. The van der Waals surface area contributed by atoms with Crippen LogP contribution in [0, 0.1) is 6.92 Å². The molecule has 0 amide bonds. The van der Waals surface area contributed by atoms with Gasteiger partial charge in [-0.3, -0.25) is 0 Å². The van der Waals surface area contributed by atoms with Gasteiger partial charge in [0.1, 0.15) is 5.75 Å². The van der Waals surface area contributed by atoms with Crippen LogP contribution in [0.25, 0.3) is 0 Å². The van der Waals surface area contributed by atoms with Gasteiger partial charge in [0.2, 0.25) is 0 Å². The molecule has 2 heteroatoms. The van der Waals surface area contributed by atoms with Crippen LogP contribution in [0.5, 0.6) is 5.75 Å². The average molecular weight is 268 g/mol. The van der Waals surface area contributed by atoms with Gasteiger partial charge < -0.3 is 9.84 Å². The van der Waals surface area contributed by atoms with Crippen molar-refractivity contribution in [1.82, 2.24) is 0 Å². The van der Waals surface area contributed by atoms with E-state index in [0.29, 0.717) is 0 Å². The van der Waals surface area contributed by atoms with E-state index in [4.69, 9.17) is 4.74 Å². The Hall–Kier alpha value is -1.80. The lowest BCUT2D eigenvalue weighted by molar-refractivity contribution is 0.167. The van der Waals surface area contributed by atoms with Crippen LogP contribution in [-0.4, -0.2) is 11.7 Å².